The summed E-state index contributed by atoms with van der Waals surface area (Å²) in [6, 6.07) is 31.5. The van der Waals surface area contributed by atoms with Crippen LogP contribution in [0.25, 0.3) is 21.9 Å². The highest BCUT2D eigenvalue weighted by Crippen LogP contribution is 2.48. The van der Waals surface area contributed by atoms with Crippen molar-refractivity contribution in [2.75, 3.05) is 19.2 Å². The number of aryl methyl sites for hydroxylation is 1. The molecule has 0 radical (unpaired) electrons. The summed E-state index contributed by atoms with van der Waals surface area (Å²) in [6.07, 6.45) is 1.54. The first-order valence-electron chi connectivity index (χ1n) is 13.7. The Morgan fingerprint density at radius 2 is 1.50 bits per heavy atom. The standard InChI is InChI=1S/C35H28N2O5/c1-21-14-16-23(17-15-21)31-29(30(22-10-6-4-7-11-22)36-37(31)24-12-8-5-9-13-24)27-20-26(38)28-32(39-2)25-18-19-41-33(25)35(40-3)34(28)42-27/h4-20,29,31H,1-3H3. The van der Waals surface area contributed by atoms with Crippen LogP contribution >= 0.6 is 0 Å². The van der Waals surface area contributed by atoms with E-state index in [1.165, 1.54) is 14.2 Å². The van der Waals surface area contributed by atoms with Crippen molar-refractivity contribution in [1.82, 2.24) is 0 Å². The second kappa shape index (κ2) is 10.3. The van der Waals surface area contributed by atoms with Crippen LogP contribution in [-0.4, -0.2) is 19.9 Å². The number of hydrazone groups is 1. The smallest absolute Gasteiger partial charge is 0.206 e. The van der Waals surface area contributed by atoms with Gasteiger partial charge in [0.2, 0.25) is 5.75 Å². The first-order valence-corrected chi connectivity index (χ1v) is 13.7. The van der Waals surface area contributed by atoms with E-state index < -0.39 is 5.92 Å². The summed E-state index contributed by atoms with van der Waals surface area (Å²) in [6.45, 7) is 2.06. The minimum absolute atomic E-state index is 0.238. The Kier molecular flexibility index (Phi) is 6.27. The molecule has 0 N–H and O–H groups in total. The Morgan fingerprint density at radius 3 is 2.19 bits per heavy atom. The van der Waals surface area contributed by atoms with E-state index in [9.17, 15) is 4.79 Å². The summed E-state index contributed by atoms with van der Waals surface area (Å²) in [7, 11) is 3.07. The van der Waals surface area contributed by atoms with Gasteiger partial charge in [0.05, 0.1) is 49.2 Å². The number of para-hydroxylation sites is 1. The average Bonchev–Trinajstić information content (AvgIpc) is 3.67. The zero-order chi connectivity index (χ0) is 28.8. The number of anilines is 1. The zero-order valence-electron chi connectivity index (χ0n) is 23.4. The number of fused-ring (bicyclic) bond motifs is 2. The van der Waals surface area contributed by atoms with Gasteiger partial charge < -0.3 is 18.3 Å². The first-order chi connectivity index (χ1) is 20.6. The molecule has 1 aliphatic heterocycles. The van der Waals surface area contributed by atoms with E-state index in [1.54, 1.807) is 18.4 Å². The van der Waals surface area contributed by atoms with Crippen LogP contribution in [0.3, 0.4) is 0 Å². The van der Waals surface area contributed by atoms with Crippen LogP contribution in [0.1, 0.15) is 34.4 Å². The van der Waals surface area contributed by atoms with E-state index in [0.29, 0.717) is 33.6 Å². The van der Waals surface area contributed by atoms with Crippen molar-refractivity contribution < 1.29 is 18.3 Å². The molecule has 0 fully saturated rings. The number of ether oxygens (including phenoxy) is 2. The van der Waals surface area contributed by atoms with Crippen LogP contribution < -0.4 is 19.9 Å². The predicted octanol–water partition coefficient (Wildman–Crippen LogP) is 7.61. The maximum atomic E-state index is 14.0. The zero-order valence-corrected chi connectivity index (χ0v) is 23.4. The van der Waals surface area contributed by atoms with Gasteiger partial charge in [-0.2, -0.15) is 5.10 Å². The Hall–Kier alpha value is -5.30. The highest BCUT2D eigenvalue weighted by atomic mass is 16.5. The van der Waals surface area contributed by atoms with E-state index in [4.69, 9.17) is 23.4 Å². The number of furan rings is 1. The molecule has 208 valence electrons. The first kappa shape index (κ1) is 25.7. The Morgan fingerprint density at radius 1 is 0.810 bits per heavy atom. The molecule has 7 nitrogen and oxygen atoms in total. The van der Waals surface area contributed by atoms with Crippen LogP contribution in [-0.2, 0) is 0 Å². The lowest BCUT2D eigenvalue weighted by Crippen LogP contribution is -2.25. The van der Waals surface area contributed by atoms with Gasteiger partial charge in [0.15, 0.2) is 16.6 Å². The Balaban J connectivity index is 1.53. The summed E-state index contributed by atoms with van der Waals surface area (Å²) < 4.78 is 24.0. The van der Waals surface area contributed by atoms with Gasteiger partial charge in [-0.15, -0.1) is 0 Å². The average molecular weight is 557 g/mol. The minimum atomic E-state index is -0.435. The molecule has 0 amide bonds. The third kappa shape index (κ3) is 4.05. The molecule has 6 aromatic rings. The summed E-state index contributed by atoms with van der Waals surface area (Å²) >= 11 is 0. The quantitative estimate of drug-likeness (QED) is 0.210. The van der Waals surface area contributed by atoms with E-state index >= 15 is 0 Å². The van der Waals surface area contributed by atoms with Gasteiger partial charge in [-0.25, -0.2) is 0 Å². The second-order valence-corrected chi connectivity index (χ2v) is 10.3. The maximum Gasteiger partial charge on any atom is 0.206 e. The fraction of sp³-hybridized carbons (Fsp3) is 0.143. The highest BCUT2D eigenvalue weighted by Gasteiger charge is 2.43. The fourth-order valence-corrected chi connectivity index (χ4v) is 5.90. The molecule has 3 heterocycles. The van der Waals surface area contributed by atoms with Crippen molar-refractivity contribution in [3.63, 3.8) is 0 Å². The summed E-state index contributed by atoms with van der Waals surface area (Å²) in [5.74, 6) is 0.757. The molecule has 4 aromatic carbocycles. The molecule has 2 atom stereocenters. The fourth-order valence-electron chi connectivity index (χ4n) is 5.90. The van der Waals surface area contributed by atoms with Crippen LogP contribution in [0.4, 0.5) is 5.69 Å². The van der Waals surface area contributed by atoms with Crippen molar-refractivity contribution in [3.8, 4) is 11.5 Å². The lowest BCUT2D eigenvalue weighted by Gasteiger charge is -2.28. The molecule has 2 unspecified atom stereocenters. The topological polar surface area (TPSA) is 77.4 Å². The second-order valence-electron chi connectivity index (χ2n) is 10.3. The van der Waals surface area contributed by atoms with E-state index in [-0.39, 0.29) is 17.1 Å². The van der Waals surface area contributed by atoms with Crippen molar-refractivity contribution >= 4 is 33.3 Å². The van der Waals surface area contributed by atoms with E-state index in [2.05, 4.69) is 31.2 Å². The molecule has 7 rings (SSSR count). The molecule has 0 saturated heterocycles. The van der Waals surface area contributed by atoms with E-state index in [1.807, 2.05) is 65.7 Å². The third-order valence-electron chi connectivity index (χ3n) is 7.83. The largest absolute Gasteiger partial charge is 0.495 e. The molecule has 0 aliphatic carbocycles. The lowest BCUT2D eigenvalue weighted by molar-refractivity contribution is 0.395. The summed E-state index contributed by atoms with van der Waals surface area (Å²) in [5, 5.41) is 8.17. The monoisotopic (exact) mass is 556 g/mol. The van der Waals surface area contributed by atoms with Crippen molar-refractivity contribution in [1.29, 1.82) is 0 Å². The molecular weight excluding hydrogens is 528 g/mol. The lowest BCUT2D eigenvalue weighted by atomic mass is 9.84. The van der Waals surface area contributed by atoms with Crippen molar-refractivity contribution in [2.24, 2.45) is 5.10 Å². The number of benzene rings is 4. The minimum Gasteiger partial charge on any atom is -0.495 e. The van der Waals surface area contributed by atoms with Gasteiger partial charge in [-0.05, 0) is 36.2 Å². The summed E-state index contributed by atoms with van der Waals surface area (Å²) in [5.41, 5.74) is 5.33. The van der Waals surface area contributed by atoms with Crippen molar-refractivity contribution in [2.45, 2.75) is 18.9 Å². The maximum absolute atomic E-state index is 14.0. The Bertz CT molecular complexity index is 1990. The number of hydrogen-bond acceptors (Lipinski definition) is 7. The van der Waals surface area contributed by atoms with Gasteiger partial charge in [0.1, 0.15) is 16.9 Å². The van der Waals surface area contributed by atoms with Crippen LogP contribution in [0, 0.1) is 6.92 Å². The molecule has 2 aromatic heterocycles. The van der Waals surface area contributed by atoms with Crippen LogP contribution in [0.15, 0.2) is 122 Å². The summed E-state index contributed by atoms with van der Waals surface area (Å²) in [4.78, 5) is 14.0. The molecule has 7 heteroatoms. The molecular formula is C35H28N2O5. The van der Waals surface area contributed by atoms with Gasteiger partial charge >= 0.3 is 0 Å². The normalized spacial score (nSPS) is 16.6. The molecule has 42 heavy (non-hydrogen) atoms. The molecule has 0 spiro atoms. The number of hydrogen-bond donors (Lipinski definition) is 0. The number of nitrogens with zero attached hydrogens (tertiary/aromatic N) is 2. The number of methoxy groups -OCH3 is 2. The van der Waals surface area contributed by atoms with Crippen LogP contribution in [0.5, 0.6) is 11.5 Å². The highest BCUT2D eigenvalue weighted by molar-refractivity contribution is 6.09. The van der Waals surface area contributed by atoms with Gasteiger partial charge in [-0.3, -0.25) is 9.80 Å². The van der Waals surface area contributed by atoms with Crippen LogP contribution in [0.2, 0.25) is 0 Å². The third-order valence-corrected chi connectivity index (χ3v) is 7.83. The van der Waals surface area contributed by atoms with Gasteiger partial charge in [-0.1, -0.05) is 78.4 Å². The Labute approximate surface area is 242 Å². The van der Waals surface area contributed by atoms with Gasteiger partial charge in [0.25, 0.3) is 0 Å². The van der Waals surface area contributed by atoms with E-state index in [0.717, 1.165) is 28.1 Å². The molecule has 1 aliphatic rings. The SMILES string of the molecule is COc1c2occc2c(OC)c2c(=O)cc(C3C(c4ccccc4)=NN(c4ccccc4)C3c3ccc(C)cc3)oc12. The van der Waals surface area contributed by atoms with Gasteiger partial charge in [0, 0.05) is 6.07 Å². The van der Waals surface area contributed by atoms with Crippen molar-refractivity contribution in [3.05, 3.63) is 136 Å². The number of rotatable bonds is 6. The molecule has 0 bridgehead atoms. The molecule has 0 saturated carbocycles. The predicted molar refractivity (Wildman–Crippen MR) is 164 cm³/mol.